The van der Waals surface area contributed by atoms with E-state index in [1.165, 1.54) is 66.4 Å². The highest BCUT2D eigenvalue weighted by Crippen LogP contribution is 2.37. The lowest BCUT2D eigenvalue weighted by atomic mass is 9.96. The van der Waals surface area contributed by atoms with Gasteiger partial charge in [0.15, 0.2) is 34.1 Å². The topological polar surface area (TPSA) is 110 Å². The lowest BCUT2D eigenvalue weighted by Crippen LogP contribution is -2.49. The number of carbonyl (C=O) groups excluding carboxylic acids is 2. The van der Waals surface area contributed by atoms with Crippen LogP contribution in [0.5, 0.6) is 0 Å². The average molecular weight is 1530 g/mol. The van der Waals surface area contributed by atoms with Crippen molar-refractivity contribution in [2.24, 2.45) is 0 Å². The molecule has 12 nitrogen and oxygen atoms in total. The van der Waals surface area contributed by atoms with E-state index >= 15 is 14.0 Å². The van der Waals surface area contributed by atoms with Crippen LogP contribution in [0, 0.1) is 30.2 Å². The molecule has 0 bridgehead atoms. The van der Waals surface area contributed by atoms with Crippen molar-refractivity contribution in [3.8, 4) is 22.3 Å². The summed E-state index contributed by atoms with van der Waals surface area (Å²) in [4.78, 5) is 61.6. The maximum Gasteiger partial charge on any atom is 0.416 e. The Balaban J connectivity index is 0.000000272. The zero-order valence-corrected chi connectivity index (χ0v) is 57.2. The summed E-state index contributed by atoms with van der Waals surface area (Å²) in [6.45, 7) is -16.6. The first-order chi connectivity index (χ1) is 63.5. The van der Waals surface area contributed by atoms with Gasteiger partial charge in [-0.2, -0.15) is 26.3 Å². The molecule has 0 saturated carbocycles. The van der Waals surface area contributed by atoms with Gasteiger partial charge in [-0.3, -0.25) is 19.2 Å². The van der Waals surface area contributed by atoms with Crippen LogP contribution >= 0.6 is 23.5 Å². The van der Waals surface area contributed by atoms with Crippen molar-refractivity contribution in [2.45, 2.75) is 111 Å². The fourth-order valence-electron chi connectivity index (χ4n) is 11.4. The second-order valence-corrected chi connectivity index (χ2v) is 25.5. The summed E-state index contributed by atoms with van der Waals surface area (Å²) in [6.07, 6.45) is -11.3. The van der Waals surface area contributed by atoms with E-state index in [0.717, 1.165) is 57.3 Å². The van der Waals surface area contributed by atoms with Crippen LogP contribution in [0.3, 0.4) is 0 Å². The highest BCUT2D eigenvalue weighted by Gasteiger charge is 2.35. The van der Waals surface area contributed by atoms with Crippen LogP contribution in [0.1, 0.15) is 121 Å². The number of thioether (sulfide) groups is 2. The number of hydrogen-bond donors (Lipinski definition) is 0. The van der Waals surface area contributed by atoms with E-state index in [9.17, 15) is 58.7 Å². The molecule has 2 aromatic heterocycles. The Labute approximate surface area is 661 Å². The second-order valence-electron chi connectivity index (χ2n) is 23.5. The lowest BCUT2D eigenvalue weighted by Gasteiger charge is -2.42. The first-order valence-corrected chi connectivity index (χ1v) is 34.0. The van der Waals surface area contributed by atoms with Crippen LogP contribution in [-0.2, 0) is 62.4 Å². The number of pyridine rings is 2. The molecule has 0 spiro atoms. The van der Waals surface area contributed by atoms with E-state index in [1.807, 2.05) is 0 Å². The molecule has 4 heterocycles. The number of alkyl halides is 6. The Hall–Kier alpha value is -9.04. The smallest absolute Gasteiger partial charge is 0.383 e. The number of amides is 2. The van der Waals surface area contributed by atoms with E-state index in [-0.39, 0.29) is 85.5 Å². The monoisotopic (exact) mass is 1530 g/mol. The van der Waals surface area contributed by atoms with Crippen LogP contribution < -0.4 is 10.9 Å². The summed E-state index contributed by atoms with van der Waals surface area (Å²) >= 11 is 0.810. The molecule has 1 atom stereocenters. The minimum atomic E-state index is -5.47. The molecule has 1 unspecified atom stereocenters. The summed E-state index contributed by atoms with van der Waals surface area (Å²) in [6, 6.07) is -3.57. The molecule has 2 amide bonds. The molecule has 2 saturated heterocycles. The van der Waals surface area contributed by atoms with Crippen molar-refractivity contribution >= 4 is 57.1 Å². The number of hydrogen-bond acceptors (Lipinski definition) is 10. The van der Waals surface area contributed by atoms with E-state index < -0.39 is 308 Å². The third-order valence-corrected chi connectivity index (χ3v) is 18.8. The zero-order valence-electron chi connectivity index (χ0n) is 87.6. The van der Waals surface area contributed by atoms with Gasteiger partial charge < -0.3 is 38.2 Å². The lowest BCUT2D eigenvalue weighted by molar-refractivity contribution is -0.138. The van der Waals surface area contributed by atoms with Gasteiger partial charge in [0.1, 0.15) is 13.0 Å². The first-order valence-electron chi connectivity index (χ1n) is 48.0. The van der Waals surface area contributed by atoms with Crippen LogP contribution in [0.2, 0.25) is 0 Å². The first kappa shape index (κ1) is 46.2. The van der Waals surface area contributed by atoms with Crippen LogP contribution in [-0.4, -0.2) is 119 Å². The number of methoxy groups -OCH3 is 2. The van der Waals surface area contributed by atoms with Gasteiger partial charge in [-0.1, -0.05) is 121 Å². The fraction of sp³-hybridized carbons (Fsp3) is 0.317. The molecule has 2 aliphatic rings. The molecular formula is C82H80F10N6O6S2. The van der Waals surface area contributed by atoms with E-state index in [4.69, 9.17) is 39.0 Å². The van der Waals surface area contributed by atoms with Crippen LogP contribution in [0.4, 0.5) is 43.9 Å². The minimum Gasteiger partial charge on any atom is -0.383 e. The predicted molar refractivity (Wildman–Crippen MR) is 395 cm³/mol. The van der Waals surface area contributed by atoms with Gasteiger partial charge in [0.25, 0.3) is 0 Å². The van der Waals surface area contributed by atoms with Gasteiger partial charge in [0, 0.05) is 123 Å². The van der Waals surface area contributed by atoms with Gasteiger partial charge in [0.05, 0.1) is 89.8 Å². The number of ether oxygens (including phenoxy) is 2. The number of para-hydroxylation sites is 1. The summed E-state index contributed by atoms with van der Waals surface area (Å²) < 4.78 is 424. The third-order valence-electron chi connectivity index (χ3n) is 16.7. The molecule has 0 aliphatic carbocycles. The summed E-state index contributed by atoms with van der Waals surface area (Å²) in [5, 5.41) is -2.12. The van der Waals surface area contributed by atoms with Crippen LogP contribution in [0.25, 0.3) is 44.1 Å². The fourth-order valence-corrected chi connectivity index (χ4v) is 13.3. The number of aromatic nitrogens is 2. The molecule has 2 fully saturated rings. The average Bonchev–Trinajstić information content (AvgIpc) is 0.708. The number of benzene rings is 8. The largest absolute Gasteiger partial charge is 0.416 e. The maximum atomic E-state index is 15.6. The second kappa shape index (κ2) is 35.1. The van der Waals surface area contributed by atoms with Gasteiger partial charge >= 0.3 is 12.4 Å². The number of rotatable bonds is 24. The Bertz CT molecular complexity index is 6480. The molecule has 24 heteroatoms. The molecule has 12 rings (SSSR count). The van der Waals surface area contributed by atoms with Gasteiger partial charge in [-0.05, 0) is 133 Å². The summed E-state index contributed by atoms with van der Waals surface area (Å²) in [7, 11) is -5.94. The maximum absolute atomic E-state index is 15.6. The SMILES string of the molecule is [2H]C([2H])([2H])OCC([2H])([2H])N1CCC(N(C(=O)C([2H])([2H])n2c(SCc3cccc(F)c3F)cc(=O)c3ccccc32)C([2H])(C)c2ccc(-c3ccc(C(F)(F)F)cc3)cc2)CC1.[2H]c1c([2H])c(F)c(F)c(CSc2c([2H])c(=O)c3c([2H])c(C)c([2H])c([2H])c3n2C([2H])([2H])C(=O)N(C2CCN(C([2H])([2H])COC([2H])([2H])[2H])CC2)C([2H])([2H])c2c([2H])c([2H])c(-c3c([2H])c([2H])c(C(F)(F)F)c([2H])c3[2H])c([2H])c2[2H])c1[2H]. The molecule has 2 aliphatic heterocycles. The van der Waals surface area contributed by atoms with E-state index in [1.54, 1.807) is 18.2 Å². The normalized spacial score (nSPS) is 20.0. The number of likely N-dealkylation sites (tertiary alicyclic amines) is 2. The van der Waals surface area contributed by atoms with Crippen LogP contribution in [0.15, 0.2) is 207 Å². The van der Waals surface area contributed by atoms with Crippen molar-refractivity contribution < 1.29 is 107 Å². The Morgan fingerprint density at radius 1 is 0.585 bits per heavy atom. The molecule has 106 heavy (non-hydrogen) atoms. The highest BCUT2D eigenvalue weighted by molar-refractivity contribution is 7.98. The number of nitrogens with zero attached hydrogens (tertiary/aromatic N) is 6. The van der Waals surface area contributed by atoms with E-state index in [2.05, 4.69) is 4.74 Å². The Morgan fingerprint density at radius 3 is 1.78 bits per heavy atom. The number of halogens is 10. The van der Waals surface area contributed by atoms with Gasteiger partial charge in [0.2, 0.25) is 11.8 Å². The third kappa shape index (κ3) is 19.2. The number of piperidine rings is 2. The highest BCUT2D eigenvalue weighted by atomic mass is 32.2. The van der Waals surface area contributed by atoms with Crippen molar-refractivity contribution in [1.29, 1.82) is 0 Å². The van der Waals surface area contributed by atoms with Gasteiger partial charge in [-0.25, -0.2) is 17.6 Å². The summed E-state index contributed by atoms with van der Waals surface area (Å²) in [5.41, 5.74) is -10.2. The Morgan fingerprint density at radius 2 is 1.15 bits per heavy atom. The molecule has 8 aromatic carbocycles. The molecule has 0 N–H and O–H groups in total. The molecular weight excluding hydrogens is 1420 g/mol. The number of fused-ring (bicyclic) bond motifs is 2. The Kier molecular flexibility index (Phi) is 15.3. The van der Waals surface area contributed by atoms with Gasteiger partial charge in [-0.15, -0.1) is 23.5 Å². The zero-order chi connectivity index (χ0) is 103. The standard InChI is InChI=1S/2C41H40F5N3O3S/c1-27(28-10-12-29(13-11-28)30-14-16-32(17-15-30)41(44,45)46)49(33-18-20-47(21-19-33)22-23-52-2)38(51)25-48-36-9-4-3-7-34(36)37(50)24-39(48)53-26-31-6-5-8-35(42)40(31)43;1-27-6-15-36-34(22-27)37(50)23-39(53-26-31-4-3-5-35(42)40(31)43)49(36)25-38(51)48(33-16-18-47(19-17-33)20-21-52-2)24-28-7-9-29(10-8-28)30-11-13-32(14-12-30)41(44,45)46/h3-17,24,27,33H,18-23,25-26H2,1-2H3;3-15,22-23,33H,16-21,24-26H2,1-2H3/i2D3,22D2,25D2,27D;2D3,3D,4D,5D,6D,7D,8D,9D,10D,11D,12D,13D,14D,15D,20D2,22D,23D,24D2,25D2. The summed E-state index contributed by atoms with van der Waals surface area (Å²) in [5.74, 6) is -10.8. The molecule has 10 aromatic rings. The molecule has 556 valence electrons. The van der Waals surface area contributed by atoms with Crippen molar-refractivity contribution in [3.63, 3.8) is 0 Å². The molecule has 0 radical (unpaired) electrons. The van der Waals surface area contributed by atoms with Crippen molar-refractivity contribution in [1.82, 2.24) is 28.7 Å². The van der Waals surface area contributed by atoms with E-state index in [0.29, 0.717) is 11.1 Å². The predicted octanol–water partition coefficient (Wildman–Crippen LogP) is 17.7. The number of carbonyl (C=O) groups is 2. The van der Waals surface area contributed by atoms with Crippen molar-refractivity contribution in [3.05, 3.63) is 270 Å². The quantitative estimate of drug-likeness (QED) is 0.0428. The minimum absolute atomic E-state index is 0.000337. The van der Waals surface area contributed by atoms with Crippen molar-refractivity contribution in [2.75, 3.05) is 66.5 Å².